The zero-order valence-corrected chi connectivity index (χ0v) is 11.9. The molecule has 0 radical (unpaired) electrons. The monoisotopic (exact) mass is 313 g/mol. The van der Waals surface area contributed by atoms with Gasteiger partial charge in [-0.2, -0.15) is 5.26 Å². The van der Waals surface area contributed by atoms with Gasteiger partial charge in [-0.1, -0.05) is 0 Å². The second-order valence-electron chi connectivity index (χ2n) is 3.66. The molecule has 9 nitrogen and oxygen atoms in total. The van der Waals surface area contributed by atoms with Gasteiger partial charge in [0.05, 0.1) is 6.07 Å². The van der Waals surface area contributed by atoms with Crippen molar-refractivity contribution in [3.05, 3.63) is 29.2 Å². The molecule has 0 amide bonds. The fraction of sp³-hybridized carbons (Fsp3) is 0.364. The summed E-state index contributed by atoms with van der Waals surface area (Å²) >= 11 is 0. The molecular weight excluding hydrogens is 298 g/mol. The number of nitriles is 1. The maximum atomic E-state index is 8.63. The number of anilines is 1. The Bertz CT molecular complexity index is 581. The van der Waals surface area contributed by atoms with E-state index in [9.17, 15) is 0 Å². The zero-order valence-electron chi connectivity index (χ0n) is 11.1. The van der Waals surface area contributed by atoms with E-state index in [4.69, 9.17) is 28.2 Å². The Balaban J connectivity index is 0.000000690. The van der Waals surface area contributed by atoms with Crippen LogP contribution in [0.15, 0.2) is 24.3 Å². The SMILES string of the molecule is N#CCCNCCNc1ccc([N+]#N)cc1.O=S(=O)([O-])O. The molecule has 114 valence electrons. The highest BCUT2D eigenvalue weighted by molar-refractivity contribution is 7.79. The highest BCUT2D eigenvalue weighted by Crippen LogP contribution is 2.15. The van der Waals surface area contributed by atoms with Crippen LogP contribution in [0.3, 0.4) is 0 Å². The summed E-state index contributed by atoms with van der Waals surface area (Å²) < 4.78 is 32.8. The first kappa shape index (κ1) is 18.8. The van der Waals surface area contributed by atoms with Crippen LogP contribution in [0.4, 0.5) is 11.4 Å². The Morgan fingerprint density at radius 2 is 1.81 bits per heavy atom. The van der Waals surface area contributed by atoms with Gasteiger partial charge < -0.3 is 15.2 Å². The van der Waals surface area contributed by atoms with Crippen LogP contribution in [0.5, 0.6) is 0 Å². The van der Waals surface area contributed by atoms with Crippen molar-refractivity contribution in [2.24, 2.45) is 0 Å². The van der Waals surface area contributed by atoms with Crippen molar-refractivity contribution in [2.45, 2.75) is 6.42 Å². The lowest BCUT2D eigenvalue weighted by molar-refractivity contribution is 0.366. The largest absolute Gasteiger partial charge is 0.726 e. The van der Waals surface area contributed by atoms with E-state index < -0.39 is 10.4 Å². The van der Waals surface area contributed by atoms with Crippen molar-refractivity contribution in [1.82, 2.24) is 5.32 Å². The van der Waals surface area contributed by atoms with Crippen LogP contribution in [0.1, 0.15) is 6.42 Å². The summed E-state index contributed by atoms with van der Waals surface area (Å²) in [5, 5.41) is 23.1. The molecule has 0 heterocycles. The highest BCUT2D eigenvalue weighted by Gasteiger charge is 2.01. The number of nitrogens with one attached hydrogen (secondary N) is 2. The summed E-state index contributed by atoms with van der Waals surface area (Å²) in [5.74, 6) is 0. The molecule has 1 rings (SSSR count). The predicted octanol–water partition coefficient (Wildman–Crippen LogP) is 1.09. The number of hydrogen-bond donors (Lipinski definition) is 3. The van der Waals surface area contributed by atoms with Crippen molar-refractivity contribution in [3.63, 3.8) is 0 Å². The molecule has 0 spiro atoms. The smallest absolute Gasteiger partial charge is 0.385 e. The second-order valence-corrected chi connectivity index (χ2v) is 4.51. The summed E-state index contributed by atoms with van der Waals surface area (Å²) in [5.41, 5.74) is 1.52. The molecule has 1 aromatic rings. The molecule has 0 bridgehead atoms. The molecule has 3 N–H and O–H groups in total. The van der Waals surface area contributed by atoms with Gasteiger partial charge in [0.15, 0.2) is 4.98 Å². The summed E-state index contributed by atoms with van der Waals surface area (Å²) in [6, 6.07) is 9.23. The maximum absolute atomic E-state index is 8.63. The normalized spacial score (nSPS) is 9.71. The quantitative estimate of drug-likeness (QED) is 0.305. The van der Waals surface area contributed by atoms with E-state index in [0.29, 0.717) is 12.1 Å². The average Bonchev–Trinajstić information content (AvgIpc) is 2.41. The molecule has 0 aliphatic carbocycles. The van der Waals surface area contributed by atoms with Gasteiger partial charge in [0, 0.05) is 43.9 Å². The van der Waals surface area contributed by atoms with E-state index >= 15 is 0 Å². The fourth-order valence-electron chi connectivity index (χ4n) is 1.21. The lowest BCUT2D eigenvalue weighted by Crippen LogP contribution is -2.22. The first-order valence-corrected chi connectivity index (χ1v) is 7.18. The standard InChI is InChI=1S/C11H14N5.H2O4S/c12-6-1-7-14-8-9-15-10-2-4-11(16-13)5-3-10;1-5(2,3)4/h2-5,14-15H,1,7-9H2;(H2,1,2,3,4)/q+1;/p-1. The van der Waals surface area contributed by atoms with Crippen LogP contribution < -0.4 is 10.6 Å². The van der Waals surface area contributed by atoms with Crippen LogP contribution in [0.25, 0.3) is 4.98 Å². The molecule has 0 aliphatic heterocycles. The molecule has 0 atom stereocenters. The Kier molecular flexibility index (Phi) is 9.41. The van der Waals surface area contributed by atoms with E-state index in [1.54, 1.807) is 12.1 Å². The molecule has 0 unspecified atom stereocenters. The molecule has 0 saturated carbocycles. The third kappa shape index (κ3) is 14.0. The van der Waals surface area contributed by atoms with E-state index in [-0.39, 0.29) is 0 Å². The minimum Gasteiger partial charge on any atom is -0.726 e. The zero-order chi connectivity index (χ0) is 16.1. The number of rotatable bonds is 6. The van der Waals surface area contributed by atoms with Gasteiger partial charge in [0.2, 0.25) is 15.8 Å². The lowest BCUT2D eigenvalue weighted by atomic mass is 10.3. The van der Waals surface area contributed by atoms with Gasteiger partial charge >= 0.3 is 5.69 Å². The van der Waals surface area contributed by atoms with Crippen LogP contribution in [0.2, 0.25) is 0 Å². The third-order valence-corrected chi connectivity index (χ3v) is 2.03. The Morgan fingerprint density at radius 1 is 1.24 bits per heavy atom. The summed E-state index contributed by atoms with van der Waals surface area (Å²) in [7, 11) is -4.92. The average molecular weight is 313 g/mol. The lowest BCUT2D eigenvalue weighted by Gasteiger charge is -2.05. The van der Waals surface area contributed by atoms with Crippen molar-refractivity contribution >= 4 is 21.8 Å². The molecule has 1 aromatic carbocycles. The van der Waals surface area contributed by atoms with E-state index in [1.165, 1.54) is 0 Å². The van der Waals surface area contributed by atoms with Crippen molar-refractivity contribution in [1.29, 1.82) is 10.7 Å². The molecule has 0 aromatic heterocycles. The number of nitrogens with zero attached hydrogens (tertiary/aromatic N) is 3. The van der Waals surface area contributed by atoms with Crippen molar-refractivity contribution < 1.29 is 17.5 Å². The van der Waals surface area contributed by atoms with Crippen LogP contribution >= 0.6 is 0 Å². The molecule has 0 fully saturated rings. The van der Waals surface area contributed by atoms with Crippen LogP contribution in [-0.4, -0.2) is 37.2 Å². The third-order valence-electron chi connectivity index (χ3n) is 2.03. The first-order chi connectivity index (χ1) is 9.86. The Labute approximate surface area is 122 Å². The van der Waals surface area contributed by atoms with Gasteiger partial charge in [-0.3, -0.25) is 4.55 Å². The van der Waals surface area contributed by atoms with E-state index in [2.05, 4.69) is 21.7 Å². The minimum atomic E-state index is -4.92. The molecule has 0 aliphatic rings. The summed E-state index contributed by atoms with van der Waals surface area (Å²) in [6.07, 6.45) is 0.534. The van der Waals surface area contributed by atoms with E-state index in [0.717, 1.165) is 25.3 Å². The minimum absolute atomic E-state index is 0.534. The molecule has 0 saturated heterocycles. The number of diazo groups is 1. The molecule has 10 heteroatoms. The maximum Gasteiger partial charge on any atom is 0.385 e. The van der Waals surface area contributed by atoms with Gasteiger partial charge in [-0.15, -0.1) is 0 Å². The predicted molar refractivity (Wildman–Crippen MR) is 75.1 cm³/mol. The topological polar surface area (TPSA) is 153 Å². The number of hydrogen-bond acceptors (Lipinski definition) is 7. The Hall–Kier alpha value is -2.24. The summed E-state index contributed by atoms with van der Waals surface area (Å²) in [6.45, 7) is 2.33. The van der Waals surface area contributed by atoms with Crippen LogP contribution in [-0.2, 0) is 10.4 Å². The molecular formula is C11H15N5O4S. The van der Waals surface area contributed by atoms with Gasteiger partial charge in [-0.05, 0) is 12.1 Å². The second kappa shape index (κ2) is 10.5. The van der Waals surface area contributed by atoms with Gasteiger partial charge in [-0.25, -0.2) is 8.42 Å². The van der Waals surface area contributed by atoms with Crippen molar-refractivity contribution in [3.8, 4) is 6.07 Å². The fourth-order valence-corrected chi connectivity index (χ4v) is 1.21. The highest BCUT2D eigenvalue weighted by atomic mass is 32.3. The van der Waals surface area contributed by atoms with E-state index in [1.807, 2.05) is 12.1 Å². The summed E-state index contributed by atoms with van der Waals surface area (Å²) in [4.78, 5) is 3.07. The first-order valence-electron chi connectivity index (χ1n) is 5.82. The Morgan fingerprint density at radius 3 is 2.29 bits per heavy atom. The van der Waals surface area contributed by atoms with Gasteiger partial charge in [0.25, 0.3) is 0 Å². The van der Waals surface area contributed by atoms with Crippen LogP contribution in [0, 0.1) is 16.7 Å². The van der Waals surface area contributed by atoms with Gasteiger partial charge in [0.1, 0.15) is 0 Å². The number of benzene rings is 1. The molecule has 21 heavy (non-hydrogen) atoms. The van der Waals surface area contributed by atoms with Crippen molar-refractivity contribution in [2.75, 3.05) is 25.0 Å².